The number of hydrogen-bond donors (Lipinski definition) is 1. The number of nitrogens with one attached hydrogen (secondary N) is 1. The Morgan fingerprint density at radius 3 is 2.61 bits per heavy atom. The lowest BCUT2D eigenvalue weighted by molar-refractivity contribution is -0.138. The molecule has 3 aliphatic heterocycles. The molecule has 0 radical (unpaired) electrons. The first-order valence-electron chi connectivity index (χ1n) is 11.6. The Kier molecular flexibility index (Phi) is 5.82. The summed E-state index contributed by atoms with van der Waals surface area (Å²) >= 11 is 0. The predicted octanol–water partition coefficient (Wildman–Crippen LogP) is 0.840. The minimum Gasteiger partial charge on any atom is -0.448 e. The number of carbonyl (C=O) groups is 3. The summed E-state index contributed by atoms with van der Waals surface area (Å²) in [6.45, 7) is 2.83. The SMILES string of the molecule is Cc1oc(S(=O)(=O)N2CCCC2)cc1C(=O)NC(CC1CC1)C(=O)N1CCC2OCC(=O)C21. The molecule has 11 heteroatoms. The van der Waals surface area contributed by atoms with Gasteiger partial charge < -0.3 is 19.4 Å². The van der Waals surface area contributed by atoms with Gasteiger partial charge in [0, 0.05) is 25.7 Å². The van der Waals surface area contributed by atoms with E-state index in [1.165, 1.54) is 17.3 Å². The maximum absolute atomic E-state index is 13.4. The molecule has 1 aliphatic carbocycles. The Balaban J connectivity index is 1.34. The van der Waals surface area contributed by atoms with Gasteiger partial charge in [-0.2, -0.15) is 4.31 Å². The van der Waals surface area contributed by atoms with Crippen LogP contribution in [0, 0.1) is 12.8 Å². The fourth-order valence-corrected chi connectivity index (χ4v) is 6.54. The Morgan fingerprint density at radius 2 is 1.91 bits per heavy atom. The molecular formula is C22H29N3O7S. The van der Waals surface area contributed by atoms with E-state index >= 15 is 0 Å². The molecule has 33 heavy (non-hydrogen) atoms. The van der Waals surface area contributed by atoms with Crippen molar-refractivity contribution in [2.24, 2.45) is 5.92 Å². The highest BCUT2D eigenvalue weighted by Gasteiger charge is 2.48. The van der Waals surface area contributed by atoms with Gasteiger partial charge in [0.05, 0.1) is 11.7 Å². The van der Waals surface area contributed by atoms with Gasteiger partial charge in [-0.15, -0.1) is 0 Å². The number of sulfonamides is 1. The van der Waals surface area contributed by atoms with Crippen LogP contribution in [-0.4, -0.2) is 79.6 Å². The smallest absolute Gasteiger partial charge is 0.276 e. The number of Topliss-reactive ketones (excluding diaryl/α,β-unsaturated/α-hetero) is 1. The van der Waals surface area contributed by atoms with Gasteiger partial charge in [0.25, 0.3) is 15.9 Å². The summed E-state index contributed by atoms with van der Waals surface area (Å²) in [7, 11) is -3.80. The third-order valence-corrected chi connectivity index (χ3v) is 8.82. The van der Waals surface area contributed by atoms with Crippen molar-refractivity contribution >= 4 is 27.6 Å². The van der Waals surface area contributed by atoms with Gasteiger partial charge in [0.1, 0.15) is 24.5 Å². The summed E-state index contributed by atoms with van der Waals surface area (Å²) in [5, 5.41) is 2.54. The zero-order chi connectivity index (χ0) is 23.3. The van der Waals surface area contributed by atoms with Gasteiger partial charge in [-0.05, 0) is 38.5 Å². The number of carbonyl (C=O) groups excluding carboxylic acids is 3. The molecule has 10 nitrogen and oxygen atoms in total. The number of likely N-dealkylation sites (tertiary alicyclic amines) is 1. The number of ketones is 1. The van der Waals surface area contributed by atoms with Crippen LogP contribution >= 0.6 is 0 Å². The molecule has 1 aromatic heterocycles. The maximum Gasteiger partial charge on any atom is 0.276 e. The lowest BCUT2D eigenvalue weighted by atomic mass is 10.1. The number of nitrogens with zero attached hydrogens (tertiary/aromatic N) is 2. The van der Waals surface area contributed by atoms with Crippen LogP contribution in [0.3, 0.4) is 0 Å². The number of ether oxygens (including phenoxy) is 1. The number of amides is 2. The topological polar surface area (TPSA) is 126 Å². The highest BCUT2D eigenvalue weighted by atomic mass is 32.2. The molecular weight excluding hydrogens is 450 g/mol. The largest absolute Gasteiger partial charge is 0.448 e. The number of aryl methyl sites for hydroxylation is 1. The summed E-state index contributed by atoms with van der Waals surface area (Å²) in [6.07, 6.45) is 4.40. The second kappa shape index (κ2) is 8.52. The van der Waals surface area contributed by atoms with Crippen LogP contribution in [-0.2, 0) is 24.3 Å². The molecule has 4 aliphatic rings. The van der Waals surface area contributed by atoms with Crippen molar-refractivity contribution in [3.63, 3.8) is 0 Å². The molecule has 1 N–H and O–H groups in total. The first-order chi connectivity index (χ1) is 15.8. The lowest BCUT2D eigenvalue weighted by Crippen LogP contribution is -2.52. The van der Waals surface area contributed by atoms with Crippen LogP contribution in [0.5, 0.6) is 0 Å². The third-order valence-electron chi connectivity index (χ3n) is 7.06. The molecule has 0 aromatic carbocycles. The van der Waals surface area contributed by atoms with Crippen molar-refractivity contribution in [3.05, 3.63) is 17.4 Å². The van der Waals surface area contributed by atoms with Crippen molar-refractivity contribution < 1.29 is 32.0 Å². The van der Waals surface area contributed by atoms with Crippen molar-refractivity contribution in [1.82, 2.24) is 14.5 Å². The average molecular weight is 480 g/mol. The number of rotatable bonds is 7. The van der Waals surface area contributed by atoms with E-state index in [-0.39, 0.29) is 40.8 Å². The van der Waals surface area contributed by atoms with Crippen LogP contribution in [0.2, 0.25) is 0 Å². The van der Waals surface area contributed by atoms with E-state index in [1.54, 1.807) is 4.90 Å². The van der Waals surface area contributed by atoms with Crippen molar-refractivity contribution in [3.8, 4) is 0 Å². The van der Waals surface area contributed by atoms with Crippen LogP contribution in [0.1, 0.15) is 54.6 Å². The monoisotopic (exact) mass is 479 g/mol. The molecule has 3 saturated heterocycles. The molecule has 0 bridgehead atoms. The number of furan rings is 1. The zero-order valence-corrected chi connectivity index (χ0v) is 19.4. The Hall–Kier alpha value is -2.24. The van der Waals surface area contributed by atoms with Gasteiger partial charge >= 0.3 is 0 Å². The molecule has 3 atom stereocenters. The van der Waals surface area contributed by atoms with E-state index in [0.29, 0.717) is 38.4 Å². The van der Waals surface area contributed by atoms with E-state index in [9.17, 15) is 22.8 Å². The summed E-state index contributed by atoms with van der Waals surface area (Å²) < 4.78 is 37.9. The van der Waals surface area contributed by atoms with E-state index < -0.39 is 28.0 Å². The Morgan fingerprint density at radius 1 is 1.18 bits per heavy atom. The molecule has 0 spiro atoms. The fraction of sp³-hybridized carbons (Fsp3) is 0.682. The summed E-state index contributed by atoms with van der Waals surface area (Å²) in [5.41, 5.74) is 0.0981. The molecule has 5 rings (SSSR count). The zero-order valence-electron chi connectivity index (χ0n) is 18.6. The van der Waals surface area contributed by atoms with Crippen LogP contribution in [0.15, 0.2) is 15.6 Å². The molecule has 2 amide bonds. The highest BCUT2D eigenvalue weighted by molar-refractivity contribution is 7.89. The van der Waals surface area contributed by atoms with Gasteiger partial charge in [-0.1, -0.05) is 12.8 Å². The highest BCUT2D eigenvalue weighted by Crippen LogP contribution is 2.35. The quantitative estimate of drug-likeness (QED) is 0.614. The number of fused-ring (bicyclic) bond motifs is 1. The number of hydrogen-bond acceptors (Lipinski definition) is 7. The van der Waals surface area contributed by atoms with Gasteiger partial charge in [0.2, 0.25) is 11.0 Å². The fourth-order valence-electron chi connectivity index (χ4n) is 5.05. The minimum atomic E-state index is -3.80. The van der Waals surface area contributed by atoms with Gasteiger partial charge in [-0.3, -0.25) is 14.4 Å². The van der Waals surface area contributed by atoms with Crippen LogP contribution in [0.25, 0.3) is 0 Å². The normalized spacial score (nSPS) is 26.6. The van der Waals surface area contributed by atoms with Gasteiger partial charge in [0.15, 0.2) is 5.78 Å². The Bertz CT molecular complexity index is 1070. The van der Waals surface area contributed by atoms with Crippen molar-refractivity contribution in [2.75, 3.05) is 26.2 Å². The summed E-state index contributed by atoms with van der Waals surface area (Å²) in [4.78, 5) is 40.3. The van der Waals surface area contributed by atoms with E-state index in [1.807, 2.05) is 0 Å². The van der Waals surface area contributed by atoms with E-state index in [2.05, 4.69) is 5.32 Å². The molecule has 4 heterocycles. The van der Waals surface area contributed by atoms with Crippen LogP contribution in [0.4, 0.5) is 0 Å². The predicted molar refractivity (Wildman–Crippen MR) is 115 cm³/mol. The standard InChI is InChI=1S/C22H29N3O7S/c1-13-15(11-19(32-13)33(29,30)24-7-2-3-8-24)21(27)23-16(10-14-4-5-14)22(28)25-9-6-18-20(25)17(26)12-31-18/h11,14,16,18,20H,2-10,12H2,1H3,(H,23,27). The lowest BCUT2D eigenvalue weighted by Gasteiger charge is -2.27. The first-order valence-corrected chi connectivity index (χ1v) is 13.1. The second-order valence-electron chi connectivity index (χ2n) is 9.43. The van der Waals surface area contributed by atoms with Crippen molar-refractivity contribution in [1.29, 1.82) is 0 Å². The molecule has 4 fully saturated rings. The van der Waals surface area contributed by atoms with Gasteiger partial charge in [-0.25, -0.2) is 8.42 Å². The molecule has 3 unspecified atom stereocenters. The second-order valence-corrected chi connectivity index (χ2v) is 11.3. The molecule has 1 aromatic rings. The van der Waals surface area contributed by atoms with Crippen molar-refractivity contribution in [2.45, 2.75) is 68.7 Å². The minimum absolute atomic E-state index is 0.0151. The maximum atomic E-state index is 13.4. The third kappa shape index (κ3) is 4.22. The van der Waals surface area contributed by atoms with E-state index in [0.717, 1.165) is 25.7 Å². The first kappa shape index (κ1) is 22.5. The Labute approximate surface area is 192 Å². The molecule has 1 saturated carbocycles. The summed E-state index contributed by atoms with van der Waals surface area (Å²) in [5.74, 6) is -0.409. The van der Waals surface area contributed by atoms with E-state index in [4.69, 9.17) is 9.15 Å². The average Bonchev–Trinajstić information content (AvgIpc) is 3.20. The van der Waals surface area contributed by atoms with Crippen LogP contribution < -0.4 is 5.32 Å². The summed E-state index contributed by atoms with van der Waals surface area (Å²) in [6, 6.07) is -0.119. The molecule has 180 valence electrons.